The van der Waals surface area contributed by atoms with Crippen molar-refractivity contribution in [2.75, 3.05) is 0 Å². The number of amidine groups is 1. The van der Waals surface area contributed by atoms with E-state index in [1.165, 1.54) is 6.07 Å². The van der Waals surface area contributed by atoms with Crippen molar-refractivity contribution in [1.29, 1.82) is 0 Å². The van der Waals surface area contributed by atoms with Crippen LogP contribution in [0.25, 0.3) is 0 Å². The Kier molecular flexibility index (Phi) is 5.22. The number of rotatable bonds is 3. The van der Waals surface area contributed by atoms with Crippen LogP contribution in [0.1, 0.15) is 15.9 Å². The number of hydrogen-bond donors (Lipinski definition) is 1. The molecule has 0 aliphatic heterocycles. The summed E-state index contributed by atoms with van der Waals surface area (Å²) in [6.07, 6.45) is 0. The summed E-state index contributed by atoms with van der Waals surface area (Å²) in [6, 6.07) is 11.4. The Morgan fingerprint density at radius 3 is 2.43 bits per heavy atom. The third-order valence-corrected chi connectivity index (χ3v) is 3.59. The molecule has 108 valence electrons. The van der Waals surface area contributed by atoms with Crippen molar-refractivity contribution in [3.63, 3.8) is 0 Å². The monoisotopic (exact) mass is 386 g/mol. The lowest BCUT2D eigenvalue weighted by Crippen LogP contribution is -2.15. The fraction of sp³-hybridized carbons (Fsp3) is 0. The van der Waals surface area contributed by atoms with Gasteiger partial charge in [0, 0.05) is 15.1 Å². The van der Waals surface area contributed by atoms with Gasteiger partial charge in [-0.15, -0.1) is 0 Å². The highest BCUT2D eigenvalue weighted by molar-refractivity contribution is 9.10. The predicted molar refractivity (Wildman–Crippen MR) is 86.7 cm³/mol. The quantitative estimate of drug-likeness (QED) is 0.371. The summed E-state index contributed by atoms with van der Waals surface area (Å²) in [5.74, 6) is -0.627. The van der Waals surface area contributed by atoms with Crippen molar-refractivity contribution in [2.45, 2.75) is 0 Å². The Hall–Kier alpha value is -1.56. The number of nitrogens with zero attached hydrogens (tertiary/aromatic N) is 1. The van der Waals surface area contributed by atoms with Crippen LogP contribution in [0, 0.1) is 0 Å². The summed E-state index contributed by atoms with van der Waals surface area (Å²) >= 11 is 15.0. The molecule has 7 heteroatoms. The minimum absolute atomic E-state index is 0.0119. The molecule has 0 spiro atoms. The number of nitrogens with two attached hydrogens (primary N) is 1. The second kappa shape index (κ2) is 6.93. The van der Waals surface area contributed by atoms with E-state index in [-0.39, 0.29) is 5.84 Å². The van der Waals surface area contributed by atoms with Crippen molar-refractivity contribution >= 4 is 50.9 Å². The number of carbonyl (C=O) groups excluding carboxylic acids is 1. The molecule has 0 amide bonds. The van der Waals surface area contributed by atoms with Crippen LogP contribution >= 0.6 is 39.1 Å². The van der Waals surface area contributed by atoms with E-state index in [9.17, 15) is 4.79 Å². The van der Waals surface area contributed by atoms with Gasteiger partial charge in [0.1, 0.15) is 0 Å². The summed E-state index contributed by atoms with van der Waals surface area (Å²) < 4.78 is 0.856. The van der Waals surface area contributed by atoms with E-state index < -0.39 is 5.97 Å². The molecule has 0 atom stereocenters. The molecule has 4 nitrogen and oxygen atoms in total. The summed E-state index contributed by atoms with van der Waals surface area (Å²) in [5, 5.41) is 4.39. The van der Waals surface area contributed by atoms with Gasteiger partial charge in [-0.3, -0.25) is 0 Å². The smallest absolute Gasteiger partial charge is 0.365 e. The Morgan fingerprint density at radius 1 is 1.14 bits per heavy atom. The molecule has 0 aromatic heterocycles. The van der Waals surface area contributed by atoms with Crippen LogP contribution in [0.15, 0.2) is 52.1 Å². The lowest BCUT2D eigenvalue weighted by atomic mass is 10.2. The zero-order valence-electron chi connectivity index (χ0n) is 10.5. The highest BCUT2D eigenvalue weighted by atomic mass is 79.9. The first-order valence-corrected chi connectivity index (χ1v) is 7.28. The lowest BCUT2D eigenvalue weighted by molar-refractivity contribution is 0.0516. The van der Waals surface area contributed by atoms with Gasteiger partial charge < -0.3 is 10.6 Å². The first-order valence-electron chi connectivity index (χ1n) is 5.73. The summed E-state index contributed by atoms with van der Waals surface area (Å²) in [5.41, 5.74) is 6.53. The second-order valence-corrected chi connectivity index (χ2v) is 5.75. The predicted octanol–water partition coefficient (Wildman–Crippen LogP) is 4.23. The Bertz CT molecular complexity index is 703. The second-order valence-electron chi connectivity index (χ2n) is 3.99. The molecule has 2 aromatic carbocycles. The van der Waals surface area contributed by atoms with E-state index in [1.807, 2.05) is 0 Å². The highest BCUT2D eigenvalue weighted by Crippen LogP contribution is 2.20. The molecule has 0 heterocycles. The maximum Gasteiger partial charge on any atom is 0.365 e. The molecule has 2 rings (SSSR count). The molecule has 0 saturated heterocycles. The number of hydrogen-bond acceptors (Lipinski definition) is 3. The minimum Gasteiger partial charge on any atom is -0.380 e. The van der Waals surface area contributed by atoms with Crippen LogP contribution in [0.4, 0.5) is 0 Å². The van der Waals surface area contributed by atoms with Gasteiger partial charge in [-0.05, 0) is 42.5 Å². The van der Waals surface area contributed by atoms with Gasteiger partial charge in [0.25, 0.3) is 0 Å². The molecule has 21 heavy (non-hydrogen) atoms. The standard InChI is InChI=1S/C14H9BrCl2N2O2/c15-9-3-1-8(2-4-9)14(20)21-19-13(18)11-6-5-10(16)7-12(11)17/h1-7H,(H2,18,19). The van der Waals surface area contributed by atoms with Crippen LogP contribution in [0.5, 0.6) is 0 Å². The van der Waals surface area contributed by atoms with Gasteiger partial charge in [0.05, 0.1) is 10.6 Å². The molecular weight excluding hydrogens is 379 g/mol. The molecule has 0 fully saturated rings. The van der Waals surface area contributed by atoms with Gasteiger partial charge >= 0.3 is 5.97 Å². The Balaban J connectivity index is 2.12. The van der Waals surface area contributed by atoms with Gasteiger partial charge in [-0.2, -0.15) is 0 Å². The number of oxime groups is 1. The van der Waals surface area contributed by atoms with E-state index in [0.29, 0.717) is 21.2 Å². The lowest BCUT2D eigenvalue weighted by Gasteiger charge is -2.04. The van der Waals surface area contributed by atoms with Crippen molar-refractivity contribution in [2.24, 2.45) is 10.9 Å². The zero-order valence-corrected chi connectivity index (χ0v) is 13.6. The highest BCUT2D eigenvalue weighted by Gasteiger charge is 2.09. The molecule has 0 unspecified atom stereocenters. The van der Waals surface area contributed by atoms with Gasteiger partial charge in [0.15, 0.2) is 5.84 Å². The number of carbonyl (C=O) groups is 1. The average Bonchev–Trinajstić information content (AvgIpc) is 2.45. The van der Waals surface area contributed by atoms with Crippen molar-refractivity contribution in [3.8, 4) is 0 Å². The molecule has 0 saturated carbocycles. The summed E-state index contributed by atoms with van der Waals surface area (Å²) in [4.78, 5) is 16.6. The van der Waals surface area contributed by atoms with Gasteiger partial charge in [0.2, 0.25) is 0 Å². The van der Waals surface area contributed by atoms with Crippen molar-refractivity contribution in [3.05, 3.63) is 68.1 Å². The van der Waals surface area contributed by atoms with Gasteiger partial charge in [-0.25, -0.2) is 4.79 Å². The summed E-state index contributed by atoms with van der Waals surface area (Å²) in [6.45, 7) is 0. The first kappa shape index (κ1) is 15.8. The first-order chi connectivity index (χ1) is 9.97. The molecule has 0 bridgehead atoms. The molecule has 2 aromatic rings. The van der Waals surface area contributed by atoms with E-state index in [4.69, 9.17) is 33.8 Å². The van der Waals surface area contributed by atoms with Crippen LogP contribution in [-0.4, -0.2) is 11.8 Å². The topological polar surface area (TPSA) is 64.7 Å². The Labute approximate surface area is 139 Å². The van der Waals surface area contributed by atoms with E-state index in [1.54, 1.807) is 36.4 Å². The average molecular weight is 388 g/mol. The molecule has 2 N–H and O–H groups in total. The van der Waals surface area contributed by atoms with Crippen LogP contribution in [0.3, 0.4) is 0 Å². The largest absolute Gasteiger partial charge is 0.380 e. The van der Waals surface area contributed by atoms with E-state index in [0.717, 1.165) is 4.47 Å². The Morgan fingerprint density at radius 2 is 1.81 bits per heavy atom. The molecule has 0 aliphatic carbocycles. The maximum absolute atomic E-state index is 11.8. The third-order valence-electron chi connectivity index (χ3n) is 2.51. The fourth-order valence-electron chi connectivity index (χ4n) is 1.48. The SMILES string of the molecule is N/C(=N\OC(=O)c1ccc(Br)cc1)c1ccc(Cl)cc1Cl. The molecule has 0 aliphatic rings. The fourth-order valence-corrected chi connectivity index (χ4v) is 2.25. The zero-order chi connectivity index (χ0) is 15.4. The number of halogens is 3. The molecule has 0 radical (unpaired) electrons. The molecular formula is C14H9BrCl2N2O2. The van der Waals surface area contributed by atoms with Crippen LogP contribution in [-0.2, 0) is 4.84 Å². The van der Waals surface area contributed by atoms with E-state index >= 15 is 0 Å². The minimum atomic E-state index is -0.615. The number of benzene rings is 2. The summed E-state index contributed by atoms with van der Waals surface area (Å²) in [7, 11) is 0. The van der Waals surface area contributed by atoms with Crippen molar-refractivity contribution in [1.82, 2.24) is 0 Å². The normalized spacial score (nSPS) is 11.3. The van der Waals surface area contributed by atoms with E-state index in [2.05, 4.69) is 21.1 Å². The third kappa shape index (κ3) is 4.20. The maximum atomic E-state index is 11.8. The van der Waals surface area contributed by atoms with Crippen molar-refractivity contribution < 1.29 is 9.63 Å². The van der Waals surface area contributed by atoms with Gasteiger partial charge in [-0.1, -0.05) is 44.3 Å². The van der Waals surface area contributed by atoms with Crippen LogP contribution < -0.4 is 5.73 Å². The van der Waals surface area contributed by atoms with Crippen LogP contribution in [0.2, 0.25) is 10.0 Å².